The molecule has 128 valence electrons. The van der Waals surface area contributed by atoms with Gasteiger partial charge >= 0.3 is 0 Å². The normalized spacial score (nSPS) is 15.5. The second-order valence-corrected chi connectivity index (χ2v) is 6.62. The van der Waals surface area contributed by atoms with Gasteiger partial charge in [0.25, 0.3) is 0 Å². The van der Waals surface area contributed by atoms with E-state index in [1.807, 2.05) is 30.6 Å². The van der Waals surface area contributed by atoms with Gasteiger partial charge in [0, 0.05) is 44.2 Å². The number of rotatable bonds is 5. The van der Waals surface area contributed by atoms with Crippen LogP contribution in [0.25, 0.3) is 0 Å². The van der Waals surface area contributed by atoms with Crippen molar-refractivity contribution in [2.75, 3.05) is 18.0 Å². The number of hydrogen-bond acceptors (Lipinski definition) is 4. The molecule has 3 rings (SSSR count). The molecule has 0 spiro atoms. The molecule has 0 unspecified atom stereocenters. The molecule has 0 amide bonds. The SMILES string of the molecule is CCc1cnc(N2CCC(Oc3ccc(CCl)cc3Cl)CC2)nc1. The van der Waals surface area contributed by atoms with Gasteiger partial charge in [-0.1, -0.05) is 24.6 Å². The molecular formula is C18H21Cl2N3O. The molecule has 2 aromatic rings. The quantitative estimate of drug-likeness (QED) is 0.732. The zero-order valence-electron chi connectivity index (χ0n) is 13.7. The zero-order chi connectivity index (χ0) is 16.9. The van der Waals surface area contributed by atoms with Gasteiger partial charge in [0.1, 0.15) is 11.9 Å². The van der Waals surface area contributed by atoms with Crippen molar-refractivity contribution in [2.24, 2.45) is 0 Å². The Morgan fingerprint density at radius 1 is 1.17 bits per heavy atom. The molecule has 24 heavy (non-hydrogen) atoms. The van der Waals surface area contributed by atoms with Crippen molar-refractivity contribution in [2.45, 2.75) is 38.2 Å². The number of benzene rings is 1. The minimum atomic E-state index is 0.163. The van der Waals surface area contributed by atoms with Crippen LogP contribution in [0.3, 0.4) is 0 Å². The molecule has 6 heteroatoms. The van der Waals surface area contributed by atoms with Crippen LogP contribution in [0.15, 0.2) is 30.6 Å². The van der Waals surface area contributed by atoms with Gasteiger partial charge in [-0.25, -0.2) is 9.97 Å². The summed E-state index contributed by atoms with van der Waals surface area (Å²) in [5.41, 5.74) is 2.16. The monoisotopic (exact) mass is 365 g/mol. The van der Waals surface area contributed by atoms with Gasteiger partial charge < -0.3 is 9.64 Å². The summed E-state index contributed by atoms with van der Waals surface area (Å²) in [6, 6.07) is 5.72. The van der Waals surface area contributed by atoms with Crippen LogP contribution in [-0.2, 0) is 12.3 Å². The minimum absolute atomic E-state index is 0.163. The third kappa shape index (κ3) is 4.11. The molecule has 1 saturated heterocycles. The van der Waals surface area contributed by atoms with Gasteiger partial charge in [-0.2, -0.15) is 0 Å². The van der Waals surface area contributed by atoms with E-state index in [1.54, 1.807) is 0 Å². The first-order valence-electron chi connectivity index (χ1n) is 8.26. The Bertz CT molecular complexity index is 670. The lowest BCUT2D eigenvalue weighted by molar-refractivity contribution is 0.170. The number of piperidine rings is 1. The zero-order valence-corrected chi connectivity index (χ0v) is 15.2. The molecule has 0 bridgehead atoms. The predicted octanol–water partition coefficient (Wildman–Crippen LogP) is 4.48. The number of alkyl halides is 1. The lowest BCUT2D eigenvalue weighted by Gasteiger charge is -2.32. The van der Waals surface area contributed by atoms with Crippen molar-refractivity contribution >= 4 is 29.2 Å². The maximum absolute atomic E-state index is 6.27. The first-order valence-corrected chi connectivity index (χ1v) is 9.17. The van der Waals surface area contributed by atoms with Crippen LogP contribution in [0.5, 0.6) is 5.75 Å². The van der Waals surface area contributed by atoms with E-state index in [4.69, 9.17) is 27.9 Å². The smallest absolute Gasteiger partial charge is 0.225 e. The molecule has 2 heterocycles. The molecule has 4 nitrogen and oxygen atoms in total. The van der Waals surface area contributed by atoms with E-state index >= 15 is 0 Å². The second kappa shape index (κ2) is 8.04. The van der Waals surface area contributed by atoms with Crippen LogP contribution < -0.4 is 9.64 Å². The van der Waals surface area contributed by atoms with E-state index in [9.17, 15) is 0 Å². The Morgan fingerprint density at radius 3 is 2.46 bits per heavy atom. The van der Waals surface area contributed by atoms with E-state index in [0.29, 0.717) is 10.9 Å². The summed E-state index contributed by atoms with van der Waals surface area (Å²) in [4.78, 5) is 11.1. The second-order valence-electron chi connectivity index (χ2n) is 5.95. The molecule has 1 aliphatic heterocycles. The maximum atomic E-state index is 6.27. The van der Waals surface area contributed by atoms with E-state index in [-0.39, 0.29) is 6.10 Å². The fourth-order valence-corrected chi connectivity index (χ4v) is 3.18. The third-order valence-electron chi connectivity index (χ3n) is 4.27. The van der Waals surface area contributed by atoms with Crippen molar-refractivity contribution < 1.29 is 4.74 Å². The van der Waals surface area contributed by atoms with Crippen molar-refractivity contribution in [1.29, 1.82) is 0 Å². The number of aryl methyl sites for hydroxylation is 1. The van der Waals surface area contributed by atoms with Gasteiger partial charge in [-0.3, -0.25) is 0 Å². The minimum Gasteiger partial charge on any atom is -0.489 e. The van der Waals surface area contributed by atoms with E-state index < -0.39 is 0 Å². The average molecular weight is 366 g/mol. The predicted molar refractivity (Wildman–Crippen MR) is 98.3 cm³/mol. The Labute approximate surface area is 152 Å². The summed E-state index contributed by atoms with van der Waals surface area (Å²) in [6.07, 6.45) is 6.78. The molecule has 0 atom stereocenters. The van der Waals surface area contributed by atoms with Gasteiger partial charge in [-0.05, 0) is 29.7 Å². The molecule has 1 fully saturated rings. The topological polar surface area (TPSA) is 38.2 Å². The highest BCUT2D eigenvalue weighted by atomic mass is 35.5. The first-order chi connectivity index (χ1) is 11.7. The van der Waals surface area contributed by atoms with Crippen molar-refractivity contribution in [3.63, 3.8) is 0 Å². The standard InChI is InChI=1S/C18H21Cl2N3O/c1-2-13-11-21-18(22-12-13)23-7-5-15(6-8-23)24-17-4-3-14(10-19)9-16(17)20/h3-4,9,11-12,15H,2,5-8,10H2,1H3. The summed E-state index contributed by atoms with van der Waals surface area (Å²) in [7, 11) is 0. The van der Waals surface area contributed by atoms with Crippen LogP contribution in [-0.4, -0.2) is 29.2 Å². The molecule has 1 aliphatic rings. The average Bonchev–Trinajstić information content (AvgIpc) is 2.64. The van der Waals surface area contributed by atoms with Gasteiger partial charge in [-0.15, -0.1) is 11.6 Å². The molecule has 0 aliphatic carbocycles. The van der Waals surface area contributed by atoms with Crippen LogP contribution >= 0.6 is 23.2 Å². The molecule has 1 aromatic heterocycles. The van der Waals surface area contributed by atoms with Crippen LogP contribution in [0, 0.1) is 0 Å². The highest BCUT2D eigenvalue weighted by molar-refractivity contribution is 6.32. The number of ether oxygens (including phenoxy) is 1. The van der Waals surface area contributed by atoms with Crippen molar-refractivity contribution in [3.05, 3.63) is 46.7 Å². The summed E-state index contributed by atoms with van der Waals surface area (Å²) in [6.45, 7) is 3.87. The lowest BCUT2D eigenvalue weighted by atomic mass is 10.1. The highest BCUT2D eigenvalue weighted by Crippen LogP contribution is 2.29. The fraction of sp³-hybridized carbons (Fsp3) is 0.444. The molecule has 0 saturated carbocycles. The molecule has 0 N–H and O–H groups in total. The molecular weight excluding hydrogens is 345 g/mol. The van der Waals surface area contributed by atoms with Gasteiger partial charge in [0.15, 0.2) is 0 Å². The Kier molecular flexibility index (Phi) is 5.80. The molecule has 1 aromatic carbocycles. The number of halogens is 2. The lowest BCUT2D eigenvalue weighted by Crippen LogP contribution is -2.39. The number of hydrogen-bond donors (Lipinski definition) is 0. The van der Waals surface area contributed by atoms with E-state index in [0.717, 1.165) is 55.2 Å². The van der Waals surface area contributed by atoms with Crippen molar-refractivity contribution in [1.82, 2.24) is 9.97 Å². The Morgan fingerprint density at radius 2 is 1.88 bits per heavy atom. The van der Waals surface area contributed by atoms with Gasteiger partial charge in [0.05, 0.1) is 5.02 Å². The summed E-state index contributed by atoms with van der Waals surface area (Å²) in [5.74, 6) is 1.98. The van der Waals surface area contributed by atoms with Gasteiger partial charge in [0.2, 0.25) is 5.95 Å². The summed E-state index contributed by atoms with van der Waals surface area (Å²) in [5, 5.41) is 0.620. The first kappa shape index (κ1) is 17.3. The van der Waals surface area contributed by atoms with Crippen LogP contribution in [0.1, 0.15) is 30.9 Å². The van der Waals surface area contributed by atoms with Crippen LogP contribution in [0.2, 0.25) is 5.02 Å². The third-order valence-corrected chi connectivity index (χ3v) is 4.87. The van der Waals surface area contributed by atoms with E-state index in [2.05, 4.69) is 21.8 Å². The van der Waals surface area contributed by atoms with Crippen LogP contribution in [0.4, 0.5) is 5.95 Å². The Balaban J connectivity index is 1.56. The van der Waals surface area contributed by atoms with E-state index in [1.165, 1.54) is 0 Å². The van der Waals surface area contributed by atoms with Crippen molar-refractivity contribution in [3.8, 4) is 5.75 Å². The molecule has 0 radical (unpaired) electrons. The summed E-state index contributed by atoms with van der Waals surface area (Å²) < 4.78 is 6.06. The number of anilines is 1. The number of nitrogens with zero attached hydrogens (tertiary/aromatic N) is 3. The Hall–Kier alpha value is -1.52. The fourth-order valence-electron chi connectivity index (χ4n) is 2.77. The summed E-state index contributed by atoms with van der Waals surface area (Å²) >= 11 is 12.1. The largest absolute Gasteiger partial charge is 0.489 e. The number of aromatic nitrogens is 2. The highest BCUT2D eigenvalue weighted by Gasteiger charge is 2.22. The maximum Gasteiger partial charge on any atom is 0.225 e.